The van der Waals surface area contributed by atoms with Crippen molar-refractivity contribution in [1.82, 2.24) is 0 Å². The zero-order valence-electron chi connectivity index (χ0n) is 8.23. The Morgan fingerprint density at radius 2 is 1.83 bits per heavy atom. The summed E-state index contributed by atoms with van der Waals surface area (Å²) in [5.74, 6) is 0. The Balaban J connectivity index is 3.27. The molecule has 0 spiro atoms. The van der Waals surface area contributed by atoms with Crippen LogP contribution in [-0.4, -0.2) is 0 Å². The van der Waals surface area contributed by atoms with Crippen LogP contribution in [0.5, 0.6) is 0 Å². The number of benzene rings is 1. The smallest absolute Gasteiger partial charge is 0.0147 e. The Labute approximate surface area is 74.9 Å². The quantitative estimate of drug-likeness (QED) is 0.589. The van der Waals surface area contributed by atoms with Crippen molar-refractivity contribution in [2.75, 3.05) is 0 Å². The Morgan fingerprint density at radius 3 is 2.42 bits per heavy atom. The molecule has 1 aromatic carbocycles. The first-order chi connectivity index (χ1) is 5.65. The molecule has 0 nitrogen and oxygen atoms in total. The van der Waals surface area contributed by atoms with E-state index < -0.39 is 0 Å². The minimum Gasteiger partial charge on any atom is -0.0792 e. The summed E-state index contributed by atoms with van der Waals surface area (Å²) in [5.41, 5.74) is 5.20. The predicted molar refractivity (Wildman–Crippen MR) is 53.2 cm³/mol. The van der Waals surface area contributed by atoms with Gasteiger partial charge in [-0.25, -0.2) is 0 Å². The monoisotopic (exact) mass is 159 g/mol. The summed E-state index contributed by atoms with van der Waals surface area (Å²) in [5, 5.41) is 0. The molecule has 63 valence electrons. The van der Waals surface area contributed by atoms with Crippen LogP contribution in [0.3, 0.4) is 0 Å². The van der Waals surface area contributed by atoms with E-state index in [-0.39, 0.29) is 0 Å². The Morgan fingerprint density at radius 1 is 1.17 bits per heavy atom. The van der Waals surface area contributed by atoms with Crippen molar-refractivity contribution in [3.05, 3.63) is 46.5 Å². The van der Waals surface area contributed by atoms with Crippen LogP contribution in [0.2, 0.25) is 0 Å². The van der Waals surface area contributed by atoms with Gasteiger partial charge in [0.15, 0.2) is 0 Å². The molecule has 0 aromatic heterocycles. The van der Waals surface area contributed by atoms with Gasteiger partial charge in [-0.05, 0) is 50.5 Å². The lowest BCUT2D eigenvalue weighted by atomic mass is 10.00. The highest BCUT2D eigenvalue weighted by Gasteiger charge is 1.98. The first kappa shape index (κ1) is 9.05. The SMILES string of the molecule is C/C=[C]/c1cc(C)cc(C)c1C. The molecular weight excluding hydrogens is 144 g/mol. The molecular formula is C12H15. The second-order valence-electron chi connectivity index (χ2n) is 3.19. The second kappa shape index (κ2) is 3.57. The van der Waals surface area contributed by atoms with Gasteiger partial charge in [0.1, 0.15) is 0 Å². The van der Waals surface area contributed by atoms with Gasteiger partial charge in [-0.15, -0.1) is 0 Å². The van der Waals surface area contributed by atoms with E-state index in [1.807, 2.05) is 13.0 Å². The van der Waals surface area contributed by atoms with E-state index in [0.717, 1.165) is 0 Å². The summed E-state index contributed by atoms with van der Waals surface area (Å²) >= 11 is 0. The van der Waals surface area contributed by atoms with Gasteiger partial charge in [0.05, 0.1) is 0 Å². The summed E-state index contributed by atoms with van der Waals surface area (Å²) in [6.07, 6.45) is 5.19. The fraction of sp³-hybridized carbons (Fsp3) is 0.333. The first-order valence-corrected chi connectivity index (χ1v) is 4.27. The largest absolute Gasteiger partial charge is 0.0792 e. The third kappa shape index (κ3) is 1.76. The van der Waals surface area contributed by atoms with Crippen LogP contribution in [-0.2, 0) is 0 Å². The van der Waals surface area contributed by atoms with E-state index in [0.29, 0.717) is 0 Å². The molecule has 0 amide bonds. The zero-order valence-corrected chi connectivity index (χ0v) is 8.23. The summed E-state index contributed by atoms with van der Waals surface area (Å²) in [6, 6.07) is 4.37. The van der Waals surface area contributed by atoms with Crippen molar-refractivity contribution < 1.29 is 0 Å². The molecule has 0 aliphatic rings. The van der Waals surface area contributed by atoms with Crippen LogP contribution in [0.15, 0.2) is 18.2 Å². The molecule has 0 heterocycles. The lowest BCUT2D eigenvalue weighted by Gasteiger charge is -2.05. The topological polar surface area (TPSA) is 0 Å². The van der Waals surface area contributed by atoms with E-state index in [2.05, 4.69) is 39.0 Å². The van der Waals surface area contributed by atoms with Crippen molar-refractivity contribution in [3.63, 3.8) is 0 Å². The van der Waals surface area contributed by atoms with Crippen molar-refractivity contribution in [2.45, 2.75) is 27.7 Å². The molecule has 0 N–H and O–H groups in total. The van der Waals surface area contributed by atoms with Crippen molar-refractivity contribution in [1.29, 1.82) is 0 Å². The van der Waals surface area contributed by atoms with E-state index in [9.17, 15) is 0 Å². The zero-order chi connectivity index (χ0) is 9.14. The maximum Gasteiger partial charge on any atom is -0.0147 e. The van der Waals surface area contributed by atoms with Gasteiger partial charge in [0, 0.05) is 0 Å². The molecule has 0 saturated heterocycles. The fourth-order valence-corrected chi connectivity index (χ4v) is 1.35. The maximum absolute atomic E-state index is 3.23. The molecule has 0 saturated carbocycles. The van der Waals surface area contributed by atoms with Gasteiger partial charge in [-0.1, -0.05) is 23.8 Å². The summed E-state index contributed by atoms with van der Waals surface area (Å²) < 4.78 is 0. The highest BCUT2D eigenvalue weighted by molar-refractivity contribution is 5.40. The van der Waals surface area contributed by atoms with Crippen molar-refractivity contribution >= 4 is 0 Å². The van der Waals surface area contributed by atoms with Crippen LogP contribution < -0.4 is 0 Å². The average Bonchev–Trinajstić information content (AvgIpc) is 2.00. The van der Waals surface area contributed by atoms with Gasteiger partial charge < -0.3 is 0 Å². The number of hydrogen-bond acceptors (Lipinski definition) is 0. The van der Waals surface area contributed by atoms with Crippen molar-refractivity contribution in [3.8, 4) is 0 Å². The highest BCUT2D eigenvalue weighted by atomic mass is 14.0. The van der Waals surface area contributed by atoms with Gasteiger partial charge in [0.2, 0.25) is 0 Å². The van der Waals surface area contributed by atoms with E-state index >= 15 is 0 Å². The van der Waals surface area contributed by atoms with Crippen LogP contribution in [0.4, 0.5) is 0 Å². The third-order valence-electron chi connectivity index (χ3n) is 2.11. The van der Waals surface area contributed by atoms with Crippen LogP contribution in [0, 0.1) is 26.8 Å². The molecule has 0 aliphatic carbocycles. The summed E-state index contributed by atoms with van der Waals surface area (Å²) in [6.45, 7) is 8.40. The molecule has 0 fully saturated rings. The molecule has 0 bridgehead atoms. The number of aryl methyl sites for hydroxylation is 2. The normalized spacial score (nSPS) is 11.0. The van der Waals surface area contributed by atoms with E-state index in [1.165, 1.54) is 22.3 Å². The van der Waals surface area contributed by atoms with Gasteiger partial charge in [0.25, 0.3) is 0 Å². The maximum atomic E-state index is 3.23. The lowest BCUT2D eigenvalue weighted by Crippen LogP contribution is -1.88. The highest BCUT2D eigenvalue weighted by Crippen LogP contribution is 2.15. The molecule has 0 heteroatoms. The van der Waals surface area contributed by atoms with Gasteiger partial charge >= 0.3 is 0 Å². The van der Waals surface area contributed by atoms with Crippen LogP contribution in [0.25, 0.3) is 0 Å². The fourth-order valence-electron chi connectivity index (χ4n) is 1.35. The Kier molecular flexibility index (Phi) is 2.69. The number of hydrogen-bond donors (Lipinski definition) is 0. The minimum atomic E-state index is 1.22. The average molecular weight is 159 g/mol. The minimum absolute atomic E-state index is 1.22. The summed E-state index contributed by atoms with van der Waals surface area (Å²) in [4.78, 5) is 0. The first-order valence-electron chi connectivity index (χ1n) is 4.27. The Bertz CT molecular complexity index is 306. The molecule has 1 aromatic rings. The van der Waals surface area contributed by atoms with Crippen LogP contribution in [0.1, 0.15) is 29.2 Å². The third-order valence-corrected chi connectivity index (χ3v) is 2.11. The summed E-state index contributed by atoms with van der Waals surface area (Å²) in [7, 11) is 0. The number of allylic oxidation sites excluding steroid dienone is 1. The Hall–Kier alpha value is -1.04. The standard InChI is InChI=1S/C12H15/c1-5-6-12-8-9(2)7-10(3)11(12)4/h5,7-8H,1-4H3. The molecule has 1 radical (unpaired) electrons. The van der Waals surface area contributed by atoms with Crippen molar-refractivity contribution in [2.24, 2.45) is 0 Å². The molecule has 0 atom stereocenters. The van der Waals surface area contributed by atoms with Gasteiger partial charge in [-0.3, -0.25) is 0 Å². The molecule has 0 aliphatic heterocycles. The second-order valence-corrected chi connectivity index (χ2v) is 3.19. The van der Waals surface area contributed by atoms with E-state index in [4.69, 9.17) is 0 Å². The molecule has 0 unspecified atom stereocenters. The molecule has 12 heavy (non-hydrogen) atoms. The lowest BCUT2D eigenvalue weighted by molar-refractivity contribution is 1.26. The van der Waals surface area contributed by atoms with Gasteiger partial charge in [-0.2, -0.15) is 0 Å². The molecule has 1 rings (SSSR count). The number of rotatable bonds is 1. The van der Waals surface area contributed by atoms with Crippen LogP contribution >= 0.6 is 0 Å². The predicted octanol–water partition coefficient (Wildman–Crippen LogP) is 3.34. The van der Waals surface area contributed by atoms with E-state index in [1.54, 1.807) is 0 Å².